The molecule has 0 aliphatic heterocycles. The Morgan fingerprint density at radius 1 is 0.821 bits per heavy atom. The van der Waals surface area contributed by atoms with Gasteiger partial charge in [0, 0.05) is 65.2 Å². The van der Waals surface area contributed by atoms with E-state index in [0.717, 1.165) is 23.0 Å². The van der Waals surface area contributed by atoms with Crippen LogP contribution in [0, 0.1) is 0 Å². The van der Waals surface area contributed by atoms with Gasteiger partial charge in [-0.3, -0.25) is 0 Å². The van der Waals surface area contributed by atoms with Gasteiger partial charge < -0.3 is 39.0 Å². The van der Waals surface area contributed by atoms with Crippen LogP contribution in [-0.2, 0) is 27.5 Å². The van der Waals surface area contributed by atoms with E-state index >= 15 is 0 Å². The van der Waals surface area contributed by atoms with Crippen molar-refractivity contribution in [2.75, 3.05) is 70.6 Å². The van der Waals surface area contributed by atoms with Crippen LogP contribution in [0.4, 0.5) is 0 Å². The molecule has 0 aliphatic rings. The maximum absolute atomic E-state index is 6.55. The summed E-state index contributed by atoms with van der Waals surface area (Å²) in [6, 6.07) is 0.680. The zero-order valence-electron chi connectivity index (χ0n) is 18.1. The Labute approximate surface area is 180 Å². The number of methoxy groups -OCH3 is 3. The molecule has 0 aromatic heterocycles. The van der Waals surface area contributed by atoms with Crippen LogP contribution in [0.1, 0.15) is 20.3 Å². The van der Waals surface area contributed by atoms with Gasteiger partial charge in [0.2, 0.25) is 0 Å². The Bertz CT molecular complexity index is 356. The summed E-state index contributed by atoms with van der Waals surface area (Å²) in [5.41, 5.74) is 11.2. The molecule has 0 spiro atoms. The van der Waals surface area contributed by atoms with Crippen molar-refractivity contribution < 1.29 is 27.5 Å². The van der Waals surface area contributed by atoms with Crippen LogP contribution in [0.15, 0.2) is 0 Å². The van der Waals surface area contributed by atoms with Crippen molar-refractivity contribution in [1.82, 2.24) is 0 Å². The second-order valence-electron chi connectivity index (χ2n) is 5.71. The molecule has 4 N–H and O–H groups in total. The molecule has 0 bridgehead atoms. The fourth-order valence-corrected chi connectivity index (χ4v) is 7.58. The third-order valence-electron chi connectivity index (χ3n) is 3.90. The third kappa shape index (κ3) is 10.1. The van der Waals surface area contributed by atoms with E-state index in [9.17, 15) is 0 Å². The Morgan fingerprint density at radius 3 is 1.75 bits per heavy atom. The molecule has 0 amide bonds. The van der Waals surface area contributed by atoms with Crippen LogP contribution in [0.25, 0.3) is 0 Å². The van der Waals surface area contributed by atoms with Crippen molar-refractivity contribution >= 4 is 32.3 Å². The number of rotatable bonds is 20. The molecule has 0 saturated heterocycles. The normalized spacial score (nSPS) is 13.8. The van der Waals surface area contributed by atoms with E-state index in [1.54, 1.807) is 23.5 Å². The molecule has 8 nitrogen and oxygen atoms in total. The van der Waals surface area contributed by atoms with Crippen LogP contribution in [0.5, 0.6) is 0 Å². The minimum atomic E-state index is -2.97. The Kier molecular flexibility index (Phi) is 17.7. The van der Waals surface area contributed by atoms with Crippen LogP contribution < -0.4 is 11.5 Å². The highest BCUT2D eigenvalue weighted by Gasteiger charge is 2.50. The van der Waals surface area contributed by atoms with Crippen LogP contribution in [0.2, 0.25) is 6.04 Å². The molecule has 0 fully saturated rings. The standard InChI is InChI=1S/C17H40N2O6S2Si/c1-6-23-28(24-7-2,15-14-27-13-10-19)25-16(8-11-26-12-9-18)17(20-3,21-4)22-5/h16H,6-15,18-19H2,1-5H3. The summed E-state index contributed by atoms with van der Waals surface area (Å²) < 4.78 is 35.5. The first kappa shape index (κ1) is 28.6. The smallest absolute Gasteiger partial charge is 0.374 e. The molecule has 0 saturated carbocycles. The van der Waals surface area contributed by atoms with Gasteiger partial charge in [0.05, 0.1) is 0 Å². The minimum absolute atomic E-state index is 0.502. The molecule has 1 atom stereocenters. The molecule has 28 heavy (non-hydrogen) atoms. The Balaban J connectivity index is 5.48. The molecule has 0 aromatic rings. The SMILES string of the molecule is CCO[Si](CCSCCN)(OCC)OC(CCSCCN)C(OC)(OC)OC. The van der Waals surface area contributed by atoms with E-state index < -0.39 is 20.9 Å². The highest BCUT2D eigenvalue weighted by molar-refractivity contribution is 7.99. The predicted octanol–water partition coefficient (Wildman–Crippen LogP) is 1.75. The summed E-state index contributed by atoms with van der Waals surface area (Å²) in [5, 5.41) is 0. The zero-order valence-corrected chi connectivity index (χ0v) is 20.7. The van der Waals surface area contributed by atoms with E-state index in [2.05, 4.69) is 0 Å². The fourth-order valence-electron chi connectivity index (χ4n) is 2.68. The third-order valence-corrected chi connectivity index (χ3v) is 9.29. The number of hydrogen-bond acceptors (Lipinski definition) is 10. The number of thioether (sulfide) groups is 2. The van der Waals surface area contributed by atoms with Crippen molar-refractivity contribution in [1.29, 1.82) is 0 Å². The number of hydrogen-bond donors (Lipinski definition) is 2. The van der Waals surface area contributed by atoms with Gasteiger partial charge in [-0.05, 0) is 31.8 Å². The first-order valence-corrected chi connectivity index (χ1v) is 13.9. The largest absolute Gasteiger partial charge is 0.502 e. The van der Waals surface area contributed by atoms with E-state index in [1.807, 2.05) is 13.8 Å². The molecule has 11 heteroatoms. The Morgan fingerprint density at radius 2 is 1.32 bits per heavy atom. The predicted molar refractivity (Wildman–Crippen MR) is 120 cm³/mol. The second kappa shape index (κ2) is 17.3. The molecule has 1 unspecified atom stereocenters. The zero-order chi connectivity index (χ0) is 21.3. The first-order valence-electron chi connectivity index (χ1n) is 9.70. The number of nitrogens with two attached hydrogens (primary N) is 2. The van der Waals surface area contributed by atoms with Gasteiger partial charge in [-0.1, -0.05) is 0 Å². The summed E-state index contributed by atoms with van der Waals surface area (Å²) in [5.74, 6) is 2.10. The highest BCUT2D eigenvalue weighted by Crippen LogP contribution is 2.30. The fraction of sp³-hybridized carbons (Fsp3) is 1.00. The molecule has 170 valence electrons. The summed E-state index contributed by atoms with van der Waals surface area (Å²) in [4.78, 5) is 0. The lowest BCUT2D eigenvalue weighted by molar-refractivity contribution is -0.387. The van der Waals surface area contributed by atoms with Crippen molar-refractivity contribution in [3.05, 3.63) is 0 Å². The van der Waals surface area contributed by atoms with Crippen molar-refractivity contribution in [2.45, 2.75) is 38.4 Å². The van der Waals surface area contributed by atoms with Crippen LogP contribution in [0.3, 0.4) is 0 Å². The molecule has 0 heterocycles. The summed E-state index contributed by atoms with van der Waals surface area (Å²) in [6.45, 7) is 6.17. The topological polar surface area (TPSA) is 107 Å². The minimum Gasteiger partial charge on any atom is -0.374 e. The van der Waals surface area contributed by atoms with E-state index in [4.69, 9.17) is 39.0 Å². The lowest BCUT2D eigenvalue weighted by Crippen LogP contribution is -2.57. The number of ether oxygens (including phenoxy) is 3. The summed E-state index contributed by atoms with van der Waals surface area (Å²) in [6.07, 6.45) is 0.132. The van der Waals surface area contributed by atoms with Gasteiger partial charge in [-0.25, -0.2) is 0 Å². The van der Waals surface area contributed by atoms with Gasteiger partial charge in [0.25, 0.3) is 0 Å². The molecule has 0 aromatic carbocycles. The maximum atomic E-state index is 6.55. The Hall–Kier alpha value is 0.597. The molecule has 0 aliphatic carbocycles. The van der Waals surface area contributed by atoms with Crippen LogP contribution >= 0.6 is 23.5 Å². The van der Waals surface area contributed by atoms with Gasteiger partial charge in [0.15, 0.2) is 0 Å². The van der Waals surface area contributed by atoms with Gasteiger partial charge in [0.1, 0.15) is 6.10 Å². The molecular formula is C17H40N2O6S2Si. The summed E-state index contributed by atoms with van der Waals surface area (Å²) in [7, 11) is 1.65. The monoisotopic (exact) mass is 460 g/mol. The lowest BCUT2D eigenvalue weighted by Gasteiger charge is -2.40. The first-order chi connectivity index (χ1) is 13.5. The average molecular weight is 461 g/mol. The van der Waals surface area contributed by atoms with Gasteiger partial charge in [-0.15, -0.1) is 0 Å². The quantitative estimate of drug-likeness (QED) is 0.158. The van der Waals surface area contributed by atoms with Gasteiger partial charge >= 0.3 is 14.8 Å². The second-order valence-corrected chi connectivity index (χ2v) is 10.8. The molecule has 0 radical (unpaired) electrons. The molecular weight excluding hydrogens is 420 g/mol. The summed E-state index contributed by atoms with van der Waals surface area (Å²) >= 11 is 3.52. The van der Waals surface area contributed by atoms with Crippen LogP contribution in [-0.4, -0.2) is 91.5 Å². The van der Waals surface area contributed by atoms with E-state index in [1.165, 1.54) is 21.3 Å². The maximum Gasteiger partial charge on any atom is 0.502 e. The van der Waals surface area contributed by atoms with Crippen molar-refractivity contribution in [2.24, 2.45) is 11.5 Å². The van der Waals surface area contributed by atoms with E-state index in [0.29, 0.717) is 38.8 Å². The van der Waals surface area contributed by atoms with Crippen molar-refractivity contribution in [3.63, 3.8) is 0 Å². The molecule has 0 rings (SSSR count). The highest BCUT2D eigenvalue weighted by atomic mass is 32.2. The van der Waals surface area contributed by atoms with Crippen molar-refractivity contribution in [3.8, 4) is 0 Å². The average Bonchev–Trinajstić information content (AvgIpc) is 2.70. The lowest BCUT2D eigenvalue weighted by atomic mass is 10.2. The van der Waals surface area contributed by atoms with E-state index in [-0.39, 0.29) is 0 Å². The van der Waals surface area contributed by atoms with Gasteiger partial charge in [-0.2, -0.15) is 23.5 Å².